The van der Waals surface area contributed by atoms with Crippen LogP contribution in [0, 0.1) is 11.6 Å². The summed E-state index contributed by atoms with van der Waals surface area (Å²) in [5.41, 5.74) is -0.0331. The van der Waals surface area contributed by atoms with Gasteiger partial charge < -0.3 is 5.32 Å². The zero-order valence-electron chi connectivity index (χ0n) is 15.7. The van der Waals surface area contributed by atoms with E-state index in [2.05, 4.69) is 10.3 Å². The van der Waals surface area contributed by atoms with Gasteiger partial charge in [0.05, 0.1) is 16.2 Å². The summed E-state index contributed by atoms with van der Waals surface area (Å²) in [4.78, 5) is 16.9. The first-order valence-corrected chi connectivity index (χ1v) is 11.6. The lowest BCUT2D eigenvalue weighted by atomic mass is 10.2. The summed E-state index contributed by atoms with van der Waals surface area (Å²) in [6.07, 6.45) is 1.49. The highest BCUT2D eigenvalue weighted by Gasteiger charge is 2.17. The van der Waals surface area contributed by atoms with Gasteiger partial charge in [0.15, 0.2) is 9.84 Å². The number of aromatic nitrogens is 1. The molecule has 0 aliphatic carbocycles. The van der Waals surface area contributed by atoms with Gasteiger partial charge in [0.25, 0.3) is 5.91 Å². The Morgan fingerprint density at radius 1 is 0.967 bits per heavy atom. The normalized spacial score (nSPS) is 11.3. The lowest BCUT2D eigenvalue weighted by Gasteiger charge is -2.10. The molecule has 0 atom stereocenters. The molecule has 0 unspecified atom stereocenters. The van der Waals surface area contributed by atoms with Crippen LogP contribution in [-0.4, -0.2) is 30.8 Å². The van der Waals surface area contributed by atoms with E-state index in [0.29, 0.717) is 5.03 Å². The molecule has 0 spiro atoms. The first-order valence-electron chi connectivity index (χ1n) is 8.95. The van der Waals surface area contributed by atoms with Gasteiger partial charge in [0, 0.05) is 24.1 Å². The van der Waals surface area contributed by atoms with Gasteiger partial charge in [-0.1, -0.05) is 24.3 Å². The zero-order chi connectivity index (χ0) is 21.6. The Hall–Kier alpha value is -2.78. The lowest BCUT2D eigenvalue weighted by molar-refractivity contribution is 0.0946. The first kappa shape index (κ1) is 21.9. The van der Waals surface area contributed by atoms with Crippen LogP contribution in [0.25, 0.3) is 0 Å². The fourth-order valence-corrected chi connectivity index (χ4v) is 5.30. The Labute approximate surface area is 177 Å². The molecule has 0 radical (unpaired) electrons. The Bertz CT molecular complexity index is 1120. The van der Waals surface area contributed by atoms with Gasteiger partial charge in [0.1, 0.15) is 16.7 Å². The summed E-state index contributed by atoms with van der Waals surface area (Å²) in [5.74, 6) is -1.99. The maximum absolute atomic E-state index is 13.7. The molecule has 1 N–H and O–H groups in total. The van der Waals surface area contributed by atoms with Crippen LogP contribution in [0.4, 0.5) is 8.78 Å². The van der Waals surface area contributed by atoms with Crippen molar-refractivity contribution in [2.75, 3.05) is 11.5 Å². The minimum absolute atomic E-state index is 0.125. The summed E-state index contributed by atoms with van der Waals surface area (Å²) >= 11 is 1.13. The monoisotopic (exact) mass is 448 g/mol. The van der Waals surface area contributed by atoms with Crippen molar-refractivity contribution in [2.24, 2.45) is 0 Å². The van der Waals surface area contributed by atoms with Gasteiger partial charge >= 0.3 is 0 Å². The number of halogens is 2. The third kappa shape index (κ3) is 5.43. The van der Waals surface area contributed by atoms with Crippen molar-refractivity contribution in [3.05, 3.63) is 89.6 Å². The molecule has 3 rings (SSSR count). The number of hydrogen-bond acceptors (Lipinski definition) is 5. The SMILES string of the molecule is O=C(NCc1c(F)cccc1F)c1cccnc1SCCS(=O)(=O)c1ccccc1. The minimum Gasteiger partial charge on any atom is -0.348 e. The fraction of sp³-hybridized carbons (Fsp3) is 0.143. The van der Waals surface area contributed by atoms with Crippen molar-refractivity contribution < 1.29 is 22.0 Å². The second kappa shape index (κ2) is 9.82. The Balaban J connectivity index is 1.65. The van der Waals surface area contributed by atoms with E-state index in [-0.39, 0.29) is 34.1 Å². The zero-order valence-corrected chi connectivity index (χ0v) is 17.3. The topological polar surface area (TPSA) is 76.1 Å². The van der Waals surface area contributed by atoms with Crippen LogP contribution in [0.3, 0.4) is 0 Å². The Morgan fingerprint density at radius 2 is 1.67 bits per heavy atom. The lowest BCUT2D eigenvalue weighted by Crippen LogP contribution is -2.25. The predicted molar refractivity (Wildman–Crippen MR) is 111 cm³/mol. The molecule has 3 aromatic rings. The average Bonchev–Trinajstić information content (AvgIpc) is 2.74. The van der Waals surface area contributed by atoms with Crippen molar-refractivity contribution in [1.29, 1.82) is 0 Å². The largest absolute Gasteiger partial charge is 0.348 e. The van der Waals surface area contributed by atoms with Crippen molar-refractivity contribution in [3.8, 4) is 0 Å². The number of rotatable bonds is 8. The van der Waals surface area contributed by atoms with E-state index in [0.717, 1.165) is 23.9 Å². The van der Waals surface area contributed by atoms with Crippen LogP contribution in [0.5, 0.6) is 0 Å². The average molecular weight is 449 g/mol. The summed E-state index contributed by atoms with van der Waals surface area (Å²) in [5, 5.41) is 2.82. The third-order valence-corrected chi connectivity index (χ3v) is 7.19. The first-order chi connectivity index (χ1) is 14.4. The molecule has 1 aromatic heterocycles. The number of benzene rings is 2. The number of amides is 1. The summed E-state index contributed by atoms with van der Waals surface area (Å²) in [6, 6.07) is 14.7. The number of sulfone groups is 1. The number of carbonyl (C=O) groups excluding carboxylic acids is 1. The van der Waals surface area contributed by atoms with Gasteiger partial charge in [-0.2, -0.15) is 0 Å². The number of pyridine rings is 1. The standard InChI is InChI=1S/C21H18F2N2O3S2/c22-18-9-4-10-19(23)17(18)14-25-20(26)16-8-5-11-24-21(16)29-12-13-30(27,28)15-6-2-1-3-7-15/h1-11H,12-14H2,(H,25,26). The summed E-state index contributed by atoms with van der Waals surface area (Å²) in [6.45, 7) is -0.321. The van der Waals surface area contributed by atoms with E-state index in [1.165, 1.54) is 30.5 Å². The van der Waals surface area contributed by atoms with Gasteiger partial charge in [-0.25, -0.2) is 22.2 Å². The van der Waals surface area contributed by atoms with Gasteiger partial charge in [-0.05, 0) is 36.4 Å². The molecule has 5 nitrogen and oxygen atoms in total. The molecule has 0 aliphatic heterocycles. The van der Waals surface area contributed by atoms with Crippen molar-refractivity contribution in [1.82, 2.24) is 10.3 Å². The highest BCUT2D eigenvalue weighted by Crippen LogP contribution is 2.22. The number of thioether (sulfide) groups is 1. The van der Waals surface area contributed by atoms with Crippen LogP contribution in [0.2, 0.25) is 0 Å². The number of carbonyl (C=O) groups is 1. The molecular formula is C21H18F2N2O3S2. The van der Waals surface area contributed by atoms with Gasteiger partial charge in [-0.15, -0.1) is 11.8 Å². The number of nitrogens with zero attached hydrogens (tertiary/aromatic N) is 1. The van der Waals surface area contributed by atoms with E-state index in [4.69, 9.17) is 0 Å². The molecular weight excluding hydrogens is 430 g/mol. The molecule has 0 fully saturated rings. The number of nitrogens with one attached hydrogen (secondary N) is 1. The Kier molecular flexibility index (Phi) is 7.17. The van der Waals surface area contributed by atoms with E-state index in [1.807, 2.05) is 0 Å². The fourth-order valence-electron chi connectivity index (χ4n) is 2.64. The molecule has 30 heavy (non-hydrogen) atoms. The highest BCUT2D eigenvalue weighted by molar-refractivity contribution is 8.00. The molecule has 2 aromatic carbocycles. The summed E-state index contributed by atoms with van der Waals surface area (Å²) in [7, 11) is -3.45. The molecule has 1 heterocycles. The van der Waals surface area contributed by atoms with E-state index in [1.54, 1.807) is 24.3 Å². The van der Waals surface area contributed by atoms with Crippen LogP contribution in [0.1, 0.15) is 15.9 Å². The molecule has 0 saturated heterocycles. The maximum Gasteiger partial charge on any atom is 0.254 e. The van der Waals surface area contributed by atoms with Crippen LogP contribution in [0.15, 0.2) is 76.8 Å². The number of hydrogen-bond donors (Lipinski definition) is 1. The second-order valence-corrected chi connectivity index (χ2v) is 9.41. The molecule has 0 saturated carbocycles. The molecule has 9 heteroatoms. The molecule has 156 valence electrons. The van der Waals surface area contributed by atoms with Crippen LogP contribution < -0.4 is 5.32 Å². The maximum atomic E-state index is 13.7. The van der Waals surface area contributed by atoms with Gasteiger partial charge in [-0.3, -0.25) is 4.79 Å². The minimum atomic E-state index is -3.45. The van der Waals surface area contributed by atoms with Crippen molar-refractivity contribution in [2.45, 2.75) is 16.5 Å². The molecule has 1 amide bonds. The third-order valence-electron chi connectivity index (χ3n) is 4.20. The highest BCUT2D eigenvalue weighted by atomic mass is 32.2. The van der Waals surface area contributed by atoms with E-state index >= 15 is 0 Å². The second-order valence-electron chi connectivity index (χ2n) is 6.22. The predicted octanol–water partition coefficient (Wildman–Crippen LogP) is 3.86. The van der Waals surface area contributed by atoms with Crippen molar-refractivity contribution >= 4 is 27.5 Å². The smallest absolute Gasteiger partial charge is 0.254 e. The van der Waals surface area contributed by atoms with Gasteiger partial charge in [0.2, 0.25) is 0 Å². The summed E-state index contributed by atoms with van der Waals surface area (Å²) < 4.78 is 52.2. The van der Waals surface area contributed by atoms with Crippen molar-refractivity contribution in [3.63, 3.8) is 0 Å². The van der Waals surface area contributed by atoms with Crippen LogP contribution >= 0.6 is 11.8 Å². The quantitative estimate of drug-likeness (QED) is 0.530. The van der Waals surface area contributed by atoms with Crippen LogP contribution in [-0.2, 0) is 16.4 Å². The Morgan fingerprint density at radius 3 is 2.37 bits per heavy atom. The van der Waals surface area contributed by atoms with E-state index < -0.39 is 27.4 Å². The molecule has 0 aliphatic rings. The molecule has 0 bridgehead atoms. The van der Waals surface area contributed by atoms with E-state index in [9.17, 15) is 22.0 Å².